The first-order valence-electron chi connectivity index (χ1n) is 7.26. The van der Waals surface area contributed by atoms with Crippen LogP contribution in [0.2, 0.25) is 0 Å². The molecule has 0 saturated carbocycles. The summed E-state index contributed by atoms with van der Waals surface area (Å²) in [7, 11) is 1.60. The highest BCUT2D eigenvalue weighted by molar-refractivity contribution is 5.75. The molecule has 1 unspecified atom stereocenters. The van der Waals surface area contributed by atoms with E-state index in [1.165, 1.54) is 0 Å². The van der Waals surface area contributed by atoms with Crippen LogP contribution in [-0.4, -0.2) is 37.2 Å². The molecular formula is C16H23NO5. The summed E-state index contributed by atoms with van der Waals surface area (Å²) in [6.07, 6.45) is 1.02. The number of hydrogen-bond acceptors (Lipinski definition) is 4. The van der Waals surface area contributed by atoms with E-state index >= 15 is 0 Å². The first-order chi connectivity index (χ1) is 10.5. The van der Waals surface area contributed by atoms with Crippen molar-refractivity contribution in [1.82, 2.24) is 5.32 Å². The molecule has 0 radical (unpaired) electrons. The number of benzene rings is 1. The van der Waals surface area contributed by atoms with Crippen molar-refractivity contribution in [2.75, 3.05) is 20.3 Å². The SMILES string of the molecule is COc1ccc(OCCCC(=O)NCC(C)CC(=O)O)cc1. The van der Waals surface area contributed by atoms with Crippen molar-refractivity contribution < 1.29 is 24.2 Å². The Hall–Kier alpha value is -2.24. The van der Waals surface area contributed by atoms with Crippen LogP contribution >= 0.6 is 0 Å². The highest BCUT2D eigenvalue weighted by Gasteiger charge is 2.09. The number of aliphatic carboxylic acids is 1. The van der Waals surface area contributed by atoms with E-state index < -0.39 is 5.97 Å². The summed E-state index contributed by atoms with van der Waals surface area (Å²) < 4.78 is 10.6. The van der Waals surface area contributed by atoms with Gasteiger partial charge in [0.25, 0.3) is 0 Å². The first kappa shape index (κ1) is 17.8. The van der Waals surface area contributed by atoms with Gasteiger partial charge in [0, 0.05) is 19.4 Å². The molecule has 1 amide bonds. The molecule has 1 rings (SSSR count). The van der Waals surface area contributed by atoms with Gasteiger partial charge in [0.1, 0.15) is 11.5 Å². The lowest BCUT2D eigenvalue weighted by Crippen LogP contribution is -2.29. The standard InChI is InChI=1S/C16H23NO5/c1-12(10-16(19)20)11-17-15(18)4-3-9-22-14-7-5-13(21-2)6-8-14/h5-8,12H,3-4,9-11H2,1-2H3,(H,17,18)(H,19,20). The number of carbonyl (C=O) groups is 2. The van der Waals surface area contributed by atoms with Crippen LogP contribution in [0.3, 0.4) is 0 Å². The lowest BCUT2D eigenvalue weighted by molar-refractivity contribution is -0.138. The first-order valence-corrected chi connectivity index (χ1v) is 7.26. The lowest BCUT2D eigenvalue weighted by atomic mass is 10.1. The molecule has 122 valence electrons. The minimum Gasteiger partial charge on any atom is -0.497 e. The number of ether oxygens (including phenoxy) is 2. The summed E-state index contributed by atoms with van der Waals surface area (Å²) in [5, 5.41) is 11.4. The molecule has 0 fully saturated rings. The second-order valence-corrected chi connectivity index (χ2v) is 5.13. The van der Waals surface area contributed by atoms with E-state index in [1.54, 1.807) is 14.0 Å². The van der Waals surface area contributed by atoms with Gasteiger partial charge in [-0.3, -0.25) is 9.59 Å². The van der Waals surface area contributed by atoms with Crippen molar-refractivity contribution >= 4 is 11.9 Å². The minimum atomic E-state index is -0.852. The predicted molar refractivity (Wildman–Crippen MR) is 82.1 cm³/mol. The second kappa shape index (κ2) is 9.65. The number of methoxy groups -OCH3 is 1. The van der Waals surface area contributed by atoms with E-state index in [1.807, 2.05) is 24.3 Å². The number of hydrogen-bond donors (Lipinski definition) is 2. The minimum absolute atomic E-state index is 0.0564. The van der Waals surface area contributed by atoms with Gasteiger partial charge in [-0.15, -0.1) is 0 Å². The van der Waals surface area contributed by atoms with Gasteiger partial charge >= 0.3 is 5.97 Å². The Morgan fingerprint density at radius 2 is 1.86 bits per heavy atom. The van der Waals surface area contributed by atoms with Gasteiger partial charge in [-0.1, -0.05) is 6.92 Å². The van der Waals surface area contributed by atoms with Crippen molar-refractivity contribution in [3.8, 4) is 11.5 Å². The van der Waals surface area contributed by atoms with Crippen LogP contribution < -0.4 is 14.8 Å². The summed E-state index contributed by atoms with van der Waals surface area (Å²) in [5.74, 6) is 0.487. The largest absolute Gasteiger partial charge is 0.497 e. The van der Waals surface area contributed by atoms with Crippen LogP contribution in [0.5, 0.6) is 11.5 Å². The Labute approximate surface area is 130 Å². The summed E-state index contributed by atoms with van der Waals surface area (Å²) in [4.78, 5) is 22.1. The van der Waals surface area contributed by atoms with Crippen LogP contribution in [-0.2, 0) is 9.59 Å². The lowest BCUT2D eigenvalue weighted by Gasteiger charge is -2.10. The quantitative estimate of drug-likeness (QED) is 0.646. The molecule has 0 heterocycles. The topological polar surface area (TPSA) is 84.9 Å². The smallest absolute Gasteiger partial charge is 0.303 e. The average molecular weight is 309 g/mol. The maximum absolute atomic E-state index is 11.6. The van der Waals surface area contributed by atoms with Gasteiger partial charge in [-0.25, -0.2) is 0 Å². The Bertz CT molecular complexity index is 472. The molecule has 0 aliphatic heterocycles. The average Bonchev–Trinajstić information content (AvgIpc) is 2.49. The van der Waals surface area contributed by atoms with Crippen LogP contribution in [0.1, 0.15) is 26.2 Å². The molecular weight excluding hydrogens is 286 g/mol. The van der Waals surface area contributed by atoms with E-state index in [2.05, 4.69) is 5.32 Å². The van der Waals surface area contributed by atoms with E-state index in [9.17, 15) is 9.59 Å². The third kappa shape index (κ3) is 7.52. The van der Waals surface area contributed by atoms with E-state index in [0.717, 1.165) is 11.5 Å². The van der Waals surface area contributed by atoms with Crippen LogP contribution in [0.15, 0.2) is 24.3 Å². The number of amides is 1. The highest BCUT2D eigenvalue weighted by atomic mass is 16.5. The van der Waals surface area contributed by atoms with Gasteiger partial charge in [0.15, 0.2) is 0 Å². The molecule has 0 spiro atoms. The molecule has 0 saturated heterocycles. The molecule has 0 bridgehead atoms. The van der Waals surface area contributed by atoms with Gasteiger partial charge in [-0.2, -0.15) is 0 Å². The molecule has 2 N–H and O–H groups in total. The van der Waals surface area contributed by atoms with Gasteiger partial charge in [-0.05, 0) is 36.6 Å². The number of rotatable bonds is 10. The summed E-state index contributed by atoms with van der Waals surface area (Å²) in [6.45, 7) is 2.62. The van der Waals surface area contributed by atoms with Crippen molar-refractivity contribution in [2.45, 2.75) is 26.2 Å². The molecule has 22 heavy (non-hydrogen) atoms. The Kier molecular flexibility index (Phi) is 7.81. The van der Waals surface area contributed by atoms with Crippen molar-refractivity contribution in [1.29, 1.82) is 0 Å². The highest BCUT2D eigenvalue weighted by Crippen LogP contribution is 2.17. The van der Waals surface area contributed by atoms with Crippen molar-refractivity contribution in [2.24, 2.45) is 5.92 Å². The number of nitrogens with one attached hydrogen (secondary N) is 1. The molecule has 0 aliphatic carbocycles. The molecule has 6 heteroatoms. The van der Waals surface area contributed by atoms with Gasteiger partial charge in [0.05, 0.1) is 13.7 Å². The molecule has 1 atom stereocenters. The number of carboxylic acids is 1. The van der Waals surface area contributed by atoms with Crippen molar-refractivity contribution in [3.63, 3.8) is 0 Å². The zero-order valence-electron chi connectivity index (χ0n) is 13.0. The fraction of sp³-hybridized carbons (Fsp3) is 0.500. The molecule has 6 nitrogen and oxygen atoms in total. The second-order valence-electron chi connectivity index (χ2n) is 5.13. The third-order valence-corrected chi connectivity index (χ3v) is 3.05. The Morgan fingerprint density at radius 3 is 2.45 bits per heavy atom. The fourth-order valence-electron chi connectivity index (χ4n) is 1.84. The van der Waals surface area contributed by atoms with Crippen molar-refractivity contribution in [3.05, 3.63) is 24.3 Å². The molecule has 1 aromatic carbocycles. The maximum Gasteiger partial charge on any atom is 0.303 e. The van der Waals surface area contributed by atoms with Crippen LogP contribution in [0.4, 0.5) is 0 Å². The van der Waals surface area contributed by atoms with Crippen LogP contribution in [0, 0.1) is 5.92 Å². The van der Waals surface area contributed by atoms with E-state index in [4.69, 9.17) is 14.6 Å². The third-order valence-electron chi connectivity index (χ3n) is 3.05. The monoisotopic (exact) mass is 309 g/mol. The fourth-order valence-corrected chi connectivity index (χ4v) is 1.84. The van der Waals surface area contributed by atoms with Gasteiger partial charge in [0.2, 0.25) is 5.91 Å². The normalized spacial score (nSPS) is 11.5. The zero-order valence-corrected chi connectivity index (χ0v) is 13.0. The summed E-state index contributed by atoms with van der Waals surface area (Å²) in [6, 6.07) is 7.25. The Morgan fingerprint density at radius 1 is 1.23 bits per heavy atom. The van der Waals surface area contributed by atoms with Gasteiger partial charge < -0.3 is 19.9 Å². The molecule has 1 aromatic rings. The zero-order chi connectivity index (χ0) is 16.4. The predicted octanol–water partition coefficient (Wildman–Crippen LogP) is 2.08. The number of carboxylic acid groups (broad SMARTS) is 1. The maximum atomic E-state index is 11.6. The summed E-state index contributed by atoms with van der Waals surface area (Å²) in [5.41, 5.74) is 0. The van der Waals surface area contributed by atoms with E-state index in [-0.39, 0.29) is 18.2 Å². The number of carbonyl (C=O) groups excluding carboxylic acids is 1. The van der Waals surface area contributed by atoms with Crippen LogP contribution in [0.25, 0.3) is 0 Å². The molecule has 0 aliphatic rings. The van der Waals surface area contributed by atoms with E-state index in [0.29, 0.717) is 26.0 Å². The Balaban J connectivity index is 2.12. The molecule has 0 aromatic heterocycles. The summed E-state index contributed by atoms with van der Waals surface area (Å²) >= 11 is 0.